The Hall–Kier alpha value is -3.71. The third-order valence-electron chi connectivity index (χ3n) is 6.53. The van der Waals surface area contributed by atoms with Crippen LogP contribution in [-0.4, -0.2) is 40.6 Å². The fourth-order valence-corrected chi connectivity index (χ4v) is 4.97. The van der Waals surface area contributed by atoms with E-state index in [4.69, 9.17) is 9.72 Å². The van der Waals surface area contributed by atoms with Crippen molar-refractivity contribution in [2.45, 2.75) is 31.4 Å². The molecule has 0 bridgehead atoms. The first-order chi connectivity index (χ1) is 16.2. The van der Waals surface area contributed by atoms with Crippen molar-refractivity contribution < 1.29 is 14.3 Å². The first-order valence-corrected chi connectivity index (χ1v) is 11.4. The van der Waals surface area contributed by atoms with E-state index in [0.29, 0.717) is 12.5 Å². The fraction of sp³-hybridized carbons (Fsp3) is 0.269. The van der Waals surface area contributed by atoms with Gasteiger partial charge in [0, 0.05) is 17.7 Å². The molecule has 7 nitrogen and oxygen atoms in total. The van der Waals surface area contributed by atoms with Gasteiger partial charge in [-0.2, -0.15) is 0 Å². The molecule has 1 saturated heterocycles. The van der Waals surface area contributed by atoms with Gasteiger partial charge < -0.3 is 10.1 Å². The van der Waals surface area contributed by atoms with Gasteiger partial charge in [-0.25, -0.2) is 4.98 Å². The summed E-state index contributed by atoms with van der Waals surface area (Å²) in [5, 5.41) is 5.05. The zero-order valence-corrected chi connectivity index (χ0v) is 18.1. The van der Waals surface area contributed by atoms with Crippen molar-refractivity contribution in [1.82, 2.24) is 9.55 Å². The van der Waals surface area contributed by atoms with Gasteiger partial charge in [0.15, 0.2) is 0 Å². The molecule has 1 fully saturated rings. The van der Waals surface area contributed by atoms with E-state index in [1.165, 1.54) is 0 Å². The number of nitrogens with zero attached hydrogens (tertiary/aromatic N) is 3. The molecular formula is C26H24N4O3. The van der Waals surface area contributed by atoms with Crippen molar-refractivity contribution in [3.63, 3.8) is 0 Å². The molecular weight excluding hydrogens is 416 g/mol. The average Bonchev–Trinajstić information content (AvgIpc) is 3.53. The van der Waals surface area contributed by atoms with Crippen LogP contribution in [0.5, 0.6) is 0 Å². The summed E-state index contributed by atoms with van der Waals surface area (Å²) >= 11 is 0. The van der Waals surface area contributed by atoms with Gasteiger partial charge in [0.1, 0.15) is 6.04 Å². The van der Waals surface area contributed by atoms with Crippen LogP contribution in [0.15, 0.2) is 66.7 Å². The predicted octanol–water partition coefficient (Wildman–Crippen LogP) is 4.29. The van der Waals surface area contributed by atoms with E-state index in [-0.39, 0.29) is 24.3 Å². The molecule has 0 saturated carbocycles. The maximum Gasteiger partial charge on any atom is 0.253 e. The highest BCUT2D eigenvalue weighted by molar-refractivity contribution is 6.07. The highest BCUT2D eigenvalue weighted by Gasteiger charge is 2.42. The Balaban J connectivity index is 1.31. The van der Waals surface area contributed by atoms with Crippen molar-refractivity contribution in [2.24, 2.45) is 0 Å². The third kappa shape index (κ3) is 3.45. The zero-order chi connectivity index (χ0) is 22.4. The van der Waals surface area contributed by atoms with Crippen LogP contribution < -0.4 is 10.2 Å². The van der Waals surface area contributed by atoms with Gasteiger partial charge >= 0.3 is 0 Å². The van der Waals surface area contributed by atoms with Crippen LogP contribution in [0.1, 0.15) is 25.3 Å². The maximum atomic E-state index is 13.5. The fourth-order valence-electron chi connectivity index (χ4n) is 4.97. The quantitative estimate of drug-likeness (QED) is 0.502. The van der Waals surface area contributed by atoms with E-state index < -0.39 is 6.04 Å². The Morgan fingerprint density at radius 1 is 1.06 bits per heavy atom. The summed E-state index contributed by atoms with van der Waals surface area (Å²) < 4.78 is 7.69. The number of nitrogens with one attached hydrogen (secondary N) is 1. The molecule has 2 aliphatic rings. The Morgan fingerprint density at radius 3 is 2.76 bits per heavy atom. The smallest absolute Gasteiger partial charge is 0.253 e. The molecule has 0 aliphatic carbocycles. The number of hydrogen-bond donors (Lipinski definition) is 1. The molecule has 2 amide bonds. The van der Waals surface area contributed by atoms with Crippen LogP contribution in [0.4, 0.5) is 11.6 Å². The van der Waals surface area contributed by atoms with Crippen LogP contribution in [0.25, 0.3) is 21.8 Å². The van der Waals surface area contributed by atoms with Crippen molar-refractivity contribution >= 4 is 45.3 Å². The first-order valence-electron chi connectivity index (χ1n) is 11.4. The van der Waals surface area contributed by atoms with Gasteiger partial charge in [0.05, 0.1) is 30.1 Å². The van der Waals surface area contributed by atoms with Crippen molar-refractivity contribution in [3.05, 3.63) is 66.7 Å². The van der Waals surface area contributed by atoms with Gasteiger partial charge in [-0.3, -0.25) is 19.1 Å². The van der Waals surface area contributed by atoms with Gasteiger partial charge in [0.25, 0.3) is 5.91 Å². The SMILES string of the molecule is O=C(C[C@@H]1C(=O)N(C[C@@H]2CCCO2)c2nc3ccccc3n21)Nc1cccc2ccccc12. The number of imidazole rings is 1. The van der Waals surface area contributed by atoms with E-state index in [1.54, 1.807) is 4.90 Å². The molecule has 3 aromatic carbocycles. The number of anilines is 2. The van der Waals surface area contributed by atoms with Crippen molar-refractivity contribution in [3.8, 4) is 0 Å². The molecule has 33 heavy (non-hydrogen) atoms. The number of benzene rings is 3. The van der Waals surface area contributed by atoms with Crippen LogP contribution >= 0.6 is 0 Å². The molecule has 2 aliphatic heterocycles. The summed E-state index contributed by atoms with van der Waals surface area (Å²) in [6.07, 6.45) is 1.97. The number of ether oxygens (including phenoxy) is 1. The zero-order valence-electron chi connectivity index (χ0n) is 18.1. The summed E-state index contributed by atoms with van der Waals surface area (Å²) in [5.74, 6) is 0.291. The highest BCUT2D eigenvalue weighted by atomic mass is 16.5. The molecule has 4 aromatic rings. The van der Waals surface area contributed by atoms with E-state index in [0.717, 1.165) is 46.9 Å². The molecule has 7 heteroatoms. The summed E-state index contributed by atoms with van der Waals surface area (Å²) in [5.41, 5.74) is 2.42. The minimum Gasteiger partial charge on any atom is -0.376 e. The van der Waals surface area contributed by atoms with Crippen LogP contribution in [0.3, 0.4) is 0 Å². The van der Waals surface area contributed by atoms with E-state index in [2.05, 4.69) is 5.32 Å². The van der Waals surface area contributed by atoms with Crippen LogP contribution in [-0.2, 0) is 14.3 Å². The molecule has 166 valence electrons. The monoisotopic (exact) mass is 440 g/mol. The van der Waals surface area contributed by atoms with Gasteiger partial charge in [-0.15, -0.1) is 0 Å². The number of carbonyl (C=O) groups is 2. The number of hydrogen-bond acceptors (Lipinski definition) is 4. The summed E-state index contributed by atoms with van der Waals surface area (Å²) in [7, 11) is 0. The number of carbonyl (C=O) groups excluding carboxylic acids is 2. The van der Waals surface area contributed by atoms with E-state index in [1.807, 2.05) is 71.3 Å². The molecule has 6 rings (SSSR count). The highest BCUT2D eigenvalue weighted by Crippen LogP contribution is 2.37. The summed E-state index contributed by atoms with van der Waals surface area (Å²) in [6.45, 7) is 1.18. The second-order valence-electron chi connectivity index (χ2n) is 8.65. The van der Waals surface area contributed by atoms with Gasteiger partial charge in [0.2, 0.25) is 11.9 Å². The van der Waals surface area contributed by atoms with Gasteiger partial charge in [-0.05, 0) is 36.4 Å². The average molecular weight is 441 g/mol. The maximum absolute atomic E-state index is 13.5. The van der Waals surface area contributed by atoms with Crippen molar-refractivity contribution in [2.75, 3.05) is 23.4 Å². The lowest BCUT2D eigenvalue weighted by Gasteiger charge is -2.19. The molecule has 0 radical (unpaired) electrons. The Morgan fingerprint density at radius 2 is 1.88 bits per heavy atom. The minimum absolute atomic E-state index is 0.00507. The Bertz CT molecular complexity index is 1370. The second-order valence-corrected chi connectivity index (χ2v) is 8.65. The number of amides is 2. The van der Waals surface area contributed by atoms with Crippen LogP contribution in [0.2, 0.25) is 0 Å². The third-order valence-corrected chi connectivity index (χ3v) is 6.53. The normalized spacial score (nSPS) is 20.0. The number of rotatable bonds is 5. The molecule has 3 heterocycles. The van der Waals surface area contributed by atoms with Crippen LogP contribution in [0, 0.1) is 0 Å². The molecule has 2 atom stereocenters. The minimum atomic E-state index is -0.635. The lowest BCUT2D eigenvalue weighted by atomic mass is 10.1. The predicted molar refractivity (Wildman–Crippen MR) is 127 cm³/mol. The Labute approximate surface area is 191 Å². The summed E-state index contributed by atoms with van der Waals surface area (Å²) in [4.78, 5) is 33.1. The molecule has 1 N–H and O–H groups in total. The second kappa shape index (κ2) is 8.01. The first kappa shape index (κ1) is 19.9. The number of para-hydroxylation sites is 2. The Kier molecular flexibility index (Phi) is 4.84. The molecule has 0 unspecified atom stereocenters. The topological polar surface area (TPSA) is 76.5 Å². The summed E-state index contributed by atoms with van der Waals surface area (Å²) in [6, 6.07) is 20.8. The number of fused-ring (bicyclic) bond motifs is 4. The van der Waals surface area contributed by atoms with Crippen molar-refractivity contribution in [1.29, 1.82) is 0 Å². The van der Waals surface area contributed by atoms with E-state index in [9.17, 15) is 9.59 Å². The van der Waals surface area contributed by atoms with Gasteiger partial charge in [-0.1, -0.05) is 48.5 Å². The lowest BCUT2D eigenvalue weighted by molar-refractivity contribution is -0.124. The standard InChI is InChI=1S/C26H24N4O3/c31-24(27-20-12-5-8-17-7-1-2-10-19(17)20)15-23-25(32)29(16-18-9-6-14-33-18)26-28-21-11-3-4-13-22(21)30(23)26/h1-5,7-8,10-13,18,23H,6,9,14-16H2,(H,27,31)/t18-,23+/m0/s1. The largest absolute Gasteiger partial charge is 0.376 e. The molecule has 1 aromatic heterocycles. The van der Waals surface area contributed by atoms with E-state index >= 15 is 0 Å². The number of aromatic nitrogens is 2. The molecule has 0 spiro atoms. The lowest BCUT2D eigenvalue weighted by Crippen LogP contribution is -2.37.